The molecule has 0 bridgehead atoms. The summed E-state index contributed by atoms with van der Waals surface area (Å²) < 4.78 is 65.9. The highest BCUT2D eigenvalue weighted by Gasteiger charge is 2.30. The van der Waals surface area contributed by atoms with Crippen molar-refractivity contribution in [1.82, 2.24) is 4.98 Å². The van der Waals surface area contributed by atoms with Gasteiger partial charge in [-0.1, -0.05) is 30.3 Å². The molecule has 1 aliphatic heterocycles. The first-order chi connectivity index (χ1) is 13.8. The van der Waals surface area contributed by atoms with E-state index in [4.69, 9.17) is 0 Å². The van der Waals surface area contributed by atoms with Gasteiger partial charge in [0.1, 0.15) is 11.6 Å². The van der Waals surface area contributed by atoms with Crippen molar-refractivity contribution in [3.63, 3.8) is 0 Å². The maximum absolute atomic E-state index is 14.0. The molecule has 4 rings (SSSR count). The Kier molecular flexibility index (Phi) is 4.90. The summed E-state index contributed by atoms with van der Waals surface area (Å²) >= 11 is 0. The summed E-state index contributed by atoms with van der Waals surface area (Å²) in [6, 6.07) is 12.9. The molecule has 1 aliphatic rings. The lowest BCUT2D eigenvalue weighted by Crippen LogP contribution is -2.05. The standard InChI is InChI=1S/C22H15F5N2/c23-16-2-1-3-17(24)21(16)20-11-10-19(29-20)14-6-4-13(5-7-14)18-9-8-15(12-28-18)22(25,26)27/h1-9,12,19H,10-11H2. The van der Waals surface area contributed by atoms with Gasteiger partial charge in [-0.05, 0) is 42.7 Å². The molecule has 0 spiro atoms. The molecule has 3 aromatic rings. The van der Waals surface area contributed by atoms with Crippen LogP contribution in [0.2, 0.25) is 0 Å². The summed E-state index contributed by atoms with van der Waals surface area (Å²) in [5.74, 6) is -1.26. The number of rotatable bonds is 3. The Hall–Kier alpha value is -3.09. The van der Waals surface area contributed by atoms with Gasteiger partial charge in [0.05, 0.1) is 22.9 Å². The molecular formula is C22H15F5N2. The predicted molar refractivity (Wildman–Crippen MR) is 99.5 cm³/mol. The van der Waals surface area contributed by atoms with E-state index in [1.54, 1.807) is 12.1 Å². The van der Waals surface area contributed by atoms with Gasteiger partial charge in [0.15, 0.2) is 0 Å². The molecule has 0 aliphatic carbocycles. The van der Waals surface area contributed by atoms with Crippen LogP contribution < -0.4 is 0 Å². The number of pyridine rings is 1. The zero-order chi connectivity index (χ0) is 20.6. The fraction of sp³-hybridized carbons (Fsp3) is 0.182. The number of alkyl halides is 3. The summed E-state index contributed by atoms with van der Waals surface area (Å²) in [6.07, 6.45) is -2.53. The number of halogens is 5. The number of hydrogen-bond donors (Lipinski definition) is 0. The van der Waals surface area contributed by atoms with Gasteiger partial charge >= 0.3 is 6.18 Å². The Morgan fingerprint density at radius 1 is 0.862 bits per heavy atom. The molecule has 0 saturated carbocycles. The maximum Gasteiger partial charge on any atom is 0.417 e. The molecule has 0 radical (unpaired) electrons. The lowest BCUT2D eigenvalue weighted by Gasteiger charge is -2.09. The largest absolute Gasteiger partial charge is 0.417 e. The van der Waals surface area contributed by atoms with E-state index in [0.29, 0.717) is 29.8 Å². The van der Waals surface area contributed by atoms with Crippen LogP contribution in [0.4, 0.5) is 22.0 Å². The van der Waals surface area contributed by atoms with E-state index < -0.39 is 23.4 Å². The average Bonchev–Trinajstić information content (AvgIpc) is 3.17. The fourth-order valence-corrected chi connectivity index (χ4v) is 3.40. The minimum atomic E-state index is -4.43. The summed E-state index contributed by atoms with van der Waals surface area (Å²) in [5, 5.41) is 0. The van der Waals surface area contributed by atoms with Gasteiger partial charge in [-0.3, -0.25) is 9.98 Å². The van der Waals surface area contributed by atoms with Crippen molar-refractivity contribution < 1.29 is 22.0 Å². The quantitative estimate of drug-likeness (QED) is 0.468. The number of nitrogens with zero attached hydrogens (tertiary/aromatic N) is 2. The molecule has 1 atom stereocenters. The van der Waals surface area contributed by atoms with Gasteiger partial charge in [-0.2, -0.15) is 13.2 Å². The molecule has 1 unspecified atom stereocenters. The Labute approximate surface area is 163 Å². The lowest BCUT2D eigenvalue weighted by molar-refractivity contribution is -0.137. The second-order valence-corrected chi connectivity index (χ2v) is 6.78. The lowest BCUT2D eigenvalue weighted by atomic mass is 10.0. The van der Waals surface area contributed by atoms with Crippen molar-refractivity contribution in [3.8, 4) is 11.3 Å². The zero-order valence-electron chi connectivity index (χ0n) is 15.0. The van der Waals surface area contributed by atoms with Crippen LogP contribution in [-0.4, -0.2) is 10.7 Å². The minimum Gasteiger partial charge on any atom is -0.281 e. The molecule has 0 N–H and O–H groups in total. The van der Waals surface area contributed by atoms with Crippen LogP contribution in [0.15, 0.2) is 65.8 Å². The van der Waals surface area contributed by atoms with Crippen molar-refractivity contribution in [3.05, 3.63) is 89.1 Å². The van der Waals surface area contributed by atoms with E-state index >= 15 is 0 Å². The molecule has 1 aromatic heterocycles. The molecule has 2 nitrogen and oxygen atoms in total. The van der Waals surface area contributed by atoms with Crippen LogP contribution in [0.1, 0.15) is 35.6 Å². The van der Waals surface area contributed by atoms with Gasteiger partial charge in [0, 0.05) is 17.5 Å². The average molecular weight is 402 g/mol. The molecule has 29 heavy (non-hydrogen) atoms. The van der Waals surface area contributed by atoms with Gasteiger partial charge in [-0.25, -0.2) is 8.78 Å². The van der Waals surface area contributed by atoms with Crippen LogP contribution in [0.3, 0.4) is 0 Å². The van der Waals surface area contributed by atoms with E-state index in [2.05, 4.69) is 9.98 Å². The third-order valence-corrected chi connectivity index (χ3v) is 4.90. The summed E-state index contributed by atoms with van der Waals surface area (Å²) in [7, 11) is 0. The topological polar surface area (TPSA) is 25.2 Å². The van der Waals surface area contributed by atoms with Crippen molar-refractivity contribution in [1.29, 1.82) is 0 Å². The van der Waals surface area contributed by atoms with E-state index in [1.165, 1.54) is 24.3 Å². The molecule has 7 heteroatoms. The Morgan fingerprint density at radius 3 is 2.14 bits per heavy atom. The van der Waals surface area contributed by atoms with Crippen LogP contribution in [0.5, 0.6) is 0 Å². The highest BCUT2D eigenvalue weighted by molar-refractivity contribution is 6.02. The third-order valence-electron chi connectivity index (χ3n) is 4.90. The molecule has 0 saturated heterocycles. The molecule has 2 heterocycles. The van der Waals surface area contributed by atoms with Crippen LogP contribution in [0.25, 0.3) is 11.3 Å². The first kappa shape index (κ1) is 19.2. The molecule has 2 aromatic carbocycles. The third kappa shape index (κ3) is 3.90. The Balaban J connectivity index is 1.55. The highest BCUT2D eigenvalue weighted by atomic mass is 19.4. The molecule has 0 amide bonds. The highest BCUT2D eigenvalue weighted by Crippen LogP contribution is 2.34. The Morgan fingerprint density at radius 2 is 1.55 bits per heavy atom. The van der Waals surface area contributed by atoms with Crippen LogP contribution >= 0.6 is 0 Å². The van der Waals surface area contributed by atoms with E-state index in [9.17, 15) is 22.0 Å². The maximum atomic E-state index is 14.0. The van der Waals surface area contributed by atoms with E-state index in [1.807, 2.05) is 12.1 Å². The predicted octanol–water partition coefficient (Wildman–Crippen LogP) is 6.37. The Bertz CT molecular complexity index is 1030. The van der Waals surface area contributed by atoms with Crippen molar-refractivity contribution in [2.24, 2.45) is 4.99 Å². The van der Waals surface area contributed by atoms with Gasteiger partial charge in [0.25, 0.3) is 0 Å². The van der Waals surface area contributed by atoms with Gasteiger partial charge < -0.3 is 0 Å². The number of aromatic nitrogens is 1. The number of benzene rings is 2. The summed E-state index contributed by atoms with van der Waals surface area (Å²) in [6.45, 7) is 0. The van der Waals surface area contributed by atoms with E-state index in [0.717, 1.165) is 17.8 Å². The second-order valence-electron chi connectivity index (χ2n) is 6.78. The number of hydrogen-bond acceptors (Lipinski definition) is 2. The van der Waals surface area contributed by atoms with Crippen molar-refractivity contribution in [2.75, 3.05) is 0 Å². The summed E-state index contributed by atoms with van der Waals surface area (Å²) in [5.41, 5.74) is 1.48. The van der Waals surface area contributed by atoms with Crippen LogP contribution in [0, 0.1) is 11.6 Å². The SMILES string of the molecule is Fc1cccc(F)c1C1=NC(c2ccc(-c3ccc(C(F)(F)F)cn3)cc2)CC1. The smallest absolute Gasteiger partial charge is 0.281 e. The molecule has 0 fully saturated rings. The number of aliphatic imine (C=N–C) groups is 1. The van der Waals surface area contributed by atoms with Crippen LogP contribution in [-0.2, 0) is 6.18 Å². The minimum absolute atomic E-state index is 0.0828. The van der Waals surface area contributed by atoms with Crippen molar-refractivity contribution >= 4 is 5.71 Å². The fourth-order valence-electron chi connectivity index (χ4n) is 3.40. The van der Waals surface area contributed by atoms with E-state index in [-0.39, 0.29) is 11.6 Å². The first-order valence-corrected chi connectivity index (χ1v) is 8.97. The monoisotopic (exact) mass is 402 g/mol. The van der Waals surface area contributed by atoms with Crippen molar-refractivity contribution in [2.45, 2.75) is 25.1 Å². The molecular weight excluding hydrogens is 387 g/mol. The summed E-state index contributed by atoms with van der Waals surface area (Å²) in [4.78, 5) is 8.37. The first-order valence-electron chi connectivity index (χ1n) is 8.97. The molecule has 148 valence electrons. The van der Waals surface area contributed by atoms with Gasteiger partial charge in [0.2, 0.25) is 0 Å². The second kappa shape index (κ2) is 7.39. The normalized spacial score (nSPS) is 16.7. The zero-order valence-corrected chi connectivity index (χ0v) is 15.0. The van der Waals surface area contributed by atoms with Gasteiger partial charge in [-0.15, -0.1) is 0 Å².